The molecule has 1 aromatic carbocycles. The fraction of sp³-hybridized carbons (Fsp3) is 0. The van der Waals surface area contributed by atoms with Crippen LogP contribution in [-0.4, -0.2) is 11.0 Å². The summed E-state index contributed by atoms with van der Waals surface area (Å²) in [6, 6.07) is 7.74. The topological polar surface area (TPSA) is 68.1 Å². The Morgan fingerprint density at radius 2 is 2.27 bits per heavy atom. The molecule has 0 aliphatic heterocycles. The number of carbonyl (C=O) groups excluding carboxylic acids is 1. The molecule has 76 valence electrons. The first kappa shape index (κ1) is 9.48. The van der Waals surface area contributed by atoms with Crippen LogP contribution < -0.4 is 5.90 Å². The highest BCUT2D eigenvalue weighted by Crippen LogP contribution is 2.18. The first-order chi connectivity index (χ1) is 7.31. The summed E-state index contributed by atoms with van der Waals surface area (Å²) in [6.07, 6.45) is 4.82. The van der Waals surface area contributed by atoms with Gasteiger partial charge in [-0.05, 0) is 23.8 Å². The Morgan fingerprint density at radius 3 is 3.07 bits per heavy atom. The standard InChI is InChI=1S/C11H10N2O2/c12-15-11(14)5-4-8-2-1-3-10-9(8)6-7-13-10/h1-7,13H,12H2/b5-4+. The van der Waals surface area contributed by atoms with Crippen LogP contribution in [0.5, 0.6) is 0 Å². The predicted molar refractivity (Wildman–Crippen MR) is 57.6 cm³/mol. The summed E-state index contributed by atoms with van der Waals surface area (Å²) in [4.78, 5) is 17.9. The van der Waals surface area contributed by atoms with E-state index in [2.05, 4.69) is 9.82 Å². The smallest absolute Gasteiger partial charge is 0.349 e. The second-order valence-electron chi connectivity index (χ2n) is 3.06. The van der Waals surface area contributed by atoms with Gasteiger partial charge in [-0.3, -0.25) is 0 Å². The van der Waals surface area contributed by atoms with Crippen LogP contribution in [-0.2, 0) is 9.63 Å². The van der Waals surface area contributed by atoms with E-state index in [0.717, 1.165) is 16.5 Å². The van der Waals surface area contributed by atoms with E-state index in [4.69, 9.17) is 5.90 Å². The normalized spacial score (nSPS) is 11.0. The Bertz CT molecular complexity index is 514. The van der Waals surface area contributed by atoms with Crippen molar-refractivity contribution in [2.24, 2.45) is 5.90 Å². The van der Waals surface area contributed by atoms with Crippen LogP contribution in [0.1, 0.15) is 5.56 Å². The van der Waals surface area contributed by atoms with Crippen LogP contribution in [0.25, 0.3) is 17.0 Å². The second-order valence-corrected chi connectivity index (χ2v) is 3.06. The van der Waals surface area contributed by atoms with Crippen molar-refractivity contribution in [2.45, 2.75) is 0 Å². The summed E-state index contributed by atoms with van der Waals surface area (Å²) in [6.45, 7) is 0. The molecule has 0 aliphatic rings. The number of hydrogen-bond donors (Lipinski definition) is 2. The van der Waals surface area contributed by atoms with Crippen LogP contribution in [0.2, 0.25) is 0 Å². The summed E-state index contributed by atoms with van der Waals surface area (Å²) in [7, 11) is 0. The van der Waals surface area contributed by atoms with Gasteiger partial charge < -0.3 is 9.82 Å². The lowest BCUT2D eigenvalue weighted by molar-refractivity contribution is -0.138. The molecule has 4 nitrogen and oxygen atoms in total. The Kier molecular flexibility index (Phi) is 2.51. The number of benzene rings is 1. The van der Waals surface area contributed by atoms with Crippen molar-refractivity contribution in [3.05, 3.63) is 42.1 Å². The number of nitrogens with two attached hydrogens (primary N) is 1. The van der Waals surface area contributed by atoms with Crippen molar-refractivity contribution >= 4 is 22.9 Å². The fourth-order valence-corrected chi connectivity index (χ4v) is 1.45. The Balaban J connectivity index is 2.39. The third-order valence-electron chi connectivity index (χ3n) is 2.14. The number of fused-ring (bicyclic) bond motifs is 1. The molecule has 0 fully saturated rings. The Morgan fingerprint density at radius 1 is 1.40 bits per heavy atom. The van der Waals surface area contributed by atoms with E-state index in [1.165, 1.54) is 6.08 Å². The van der Waals surface area contributed by atoms with Gasteiger partial charge in [-0.25, -0.2) is 4.79 Å². The maximum absolute atomic E-state index is 10.8. The number of nitrogens with one attached hydrogen (secondary N) is 1. The van der Waals surface area contributed by atoms with Crippen LogP contribution in [0.4, 0.5) is 0 Å². The van der Waals surface area contributed by atoms with E-state index < -0.39 is 5.97 Å². The van der Waals surface area contributed by atoms with Crippen LogP contribution in [0.15, 0.2) is 36.5 Å². The quantitative estimate of drug-likeness (QED) is 0.574. The van der Waals surface area contributed by atoms with E-state index in [-0.39, 0.29) is 0 Å². The van der Waals surface area contributed by atoms with E-state index in [0.29, 0.717) is 0 Å². The van der Waals surface area contributed by atoms with Crippen molar-refractivity contribution in [3.63, 3.8) is 0 Å². The molecule has 2 rings (SSSR count). The Hall–Kier alpha value is -2.07. The molecule has 2 aromatic rings. The molecular formula is C11H10N2O2. The van der Waals surface area contributed by atoms with Crippen LogP contribution in [0.3, 0.4) is 0 Å². The zero-order valence-electron chi connectivity index (χ0n) is 7.94. The summed E-state index contributed by atoms with van der Waals surface area (Å²) in [5, 5.41) is 1.05. The predicted octanol–water partition coefficient (Wildman–Crippen LogP) is 1.60. The van der Waals surface area contributed by atoms with Gasteiger partial charge in [0.2, 0.25) is 0 Å². The highest BCUT2D eigenvalue weighted by atomic mass is 16.7. The van der Waals surface area contributed by atoms with Crippen molar-refractivity contribution in [1.82, 2.24) is 4.98 Å². The van der Waals surface area contributed by atoms with Crippen molar-refractivity contribution in [2.75, 3.05) is 0 Å². The van der Waals surface area contributed by atoms with Gasteiger partial charge in [0.15, 0.2) is 0 Å². The largest absolute Gasteiger partial charge is 0.370 e. The maximum Gasteiger partial charge on any atom is 0.349 e. The maximum atomic E-state index is 10.8. The summed E-state index contributed by atoms with van der Waals surface area (Å²) in [5.41, 5.74) is 1.97. The van der Waals surface area contributed by atoms with Crippen LogP contribution in [0, 0.1) is 0 Å². The summed E-state index contributed by atoms with van der Waals surface area (Å²) in [5.74, 6) is 4.15. The van der Waals surface area contributed by atoms with Crippen molar-refractivity contribution in [3.8, 4) is 0 Å². The lowest BCUT2D eigenvalue weighted by Gasteiger charge is -1.95. The van der Waals surface area contributed by atoms with E-state index in [1.807, 2.05) is 30.5 Å². The minimum absolute atomic E-state index is 0.567. The molecule has 0 spiro atoms. The highest BCUT2D eigenvalue weighted by Gasteiger charge is 1.99. The Labute approximate surface area is 86.3 Å². The fourth-order valence-electron chi connectivity index (χ4n) is 1.45. The molecule has 4 heteroatoms. The number of aromatic nitrogens is 1. The molecule has 0 saturated carbocycles. The lowest BCUT2D eigenvalue weighted by Crippen LogP contribution is -2.05. The summed E-state index contributed by atoms with van der Waals surface area (Å²) >= 11 is 0. The molecule has 0 radical (unpaired) electrons. The van der Waals surface area contributed by atoms with E-state index >= 15 is 0 Å². The zero-order valence-corrected chi connectivity index (χ0v) is 7.94. The molecule has 0 aliphatic carbocycles. The third-order valence-corrected chi connectivity index (χ3v) is 2.14. The molecule has 1 heterocycles. The first-order valence-electron chi connectivity index (χ1n) is 4.46. The first-order valence-corrected chi connectivity index (χ1v) is 4.46. The molecule has 0 saturated heterocycles. The number of rotatable bonds is 2. The third kappa shape index (κ3) is 1.89. The van der Waals surface area contributed by atoms with Gasteiger partial charge >= 0.3 is 5.97 Å². The number of hydrogen-bond acceptors (Lipinski definition) is 3. The number of carbonyl (C=O) groups is 1. The monoisotopic (exact) mass is 202 g/mol. The summed E-state index contributed by atoms with van der Waals surface area (Å²) < 4.78 is 0. The molecular weight excluding hydrogens is 192 g/mol. The average Bonchev–Trinajstić information content (AvgIpc) is 2.74. The van der Waals surface area contributed by atoms with Gasteiger partial charge in [-0.1, -0.05) is 12.1 Å². The van der Waals surface area contributed by atoms with Crippen LogP contribution >= 0.6 is 0 Å². The second kappa shape index (κ2) is 3.98. The minimum atomic E-state index is -0.567. The molecule has 3 N–H and O–H groups in total. The van der Waals surface area contributed by atoms with Gasteiger partial charge in [-0.2, -0.15) is 5.90 Å². The highest BCUT2D eigenvalue weighted by molar-refractivity contribution is 5.93. The van der Waals surface area contributed by atoms with Gasteiger partial charge in [0, 0.05) is 23.2 Å². The van der Waals surface area contributed by atoms with Gasteiger partial charge in [0.25, 0.3) is 0 Å². The van der Waals surface area contributed by atoms with Gasteiger partial charge in [-0.15, -0.1) is 0 Å². The SMILES string of the molecule is NOC(=O)/C=C/c1cccc2[nH]ccc12. The minimum Gasteiger partial charge on any atom is -0.370 e. The zero-order chi connectivity index (χ0) is 10.7. The molecule has 0 unspecified atom stereocenters. The van der Waals surface area contributed by atoms with Gasteiger partial charge in [0.05, 0.1) is 0 Å². The number of aromatic amines is 1. The molecule has 0 bridgehead atoms. The van der Waals surface area contributed by atoms with Crippen molar-refractivity contribution < 1.29 is 9.63 Å². The van der Waals surface area contributed by atoms with E-state index in [1.54, 1.807) is 6.08 Å². The molecule has 1 aromatic heterocycles. The van der Waals surface area contributed by atoms with Crippen molar-refractivity contribution in [1.29, 1.82) is 0 Å². The van der Waals surface area contributed by atoms with E-state index in [9.17, 15) is 4.79 Å². The molecule has 0 atom stereocenters. The molecule has 0 amide bonds. The number of H-pyrrole nitrogens is 1. The van der Waals surface area contributed by atoms with Gasteiger partial charge in [0.1, 0.15) is 0 Å². The lowest BCUT2D eigenvalue weighted by atomic mass is 10.1. The average molecular weight is 202 g/mol. The molecule has 15 heavy (non-hydrogen) atoms.